The third-order valence-corrected chi connectivity index (χ3v) is 5.11. The number of aryl methyl sites for hydroxylation is 1. The maximum Gasteiger partial charge on any atom is 0.275 e. The minimum absolute atomic E-state index is 0.144. The molecule has 0 saturated heterocycles. The molecule has 0 aliphatic carbocycles. The summed E-state index contributed by atoms with van der Waals surface area (Å²) in [5, 5.41) is 8.48. The number of hydrogen-bond donors (Lipinski definition) is 1. The third kappa shape index (κ3) is 4.37. The van der Waals surface area contributed by atoms with Crippen molar-refractivity contribution in [1.82, 2.24) is 19.3 Å². The number of amides is 1. The standard InChI is InChI=1S/C23H23N5O3/c1-15(2)9-10-27-14-24-20-8-7-17(11-19(20)22(27)30)26-21(29)13-28-23(31)18-6-4-3-5-16(18)12-25-28/h3-8,11-12,14-15H,9-10,13H2,1-2H3,(H,26,29). The molecule has 2 heterocycles. The summed E-state index contributed by atoms with van der Waals surface area (Å²) in [7, 11) is 0. The Morgan fingerprint density at radius 3 is 2.68 bits per heavy atom. The molecule has 0 unspecified atom stereocenters. The summed E-state index contributed by atoms with van der Waals surface area (Å²) in [6, 6.07) is 12.1. The van der Waals surface area contributed by atoms with E-state index in [0.717, 1.165) is 16.5 Å². The molecule has 31 heavy (non-hydrogen) atoms. The molecule has 0 atom stereocenters. The van der Waals surface area contributed by atoms with E-state index in [1.54, 1.807) is 53.5 Å². The molecule has 158 valence electrons. The topological polar surface area (TPSA) is 98.9 Å². The zero-order valence-electron chi connectivity index (χ0n) is 17.4. The van der Waals surface area contributed by atoms with Crippen LogP contribution in [0, 0.1) is 5.92 Å². The van der Waals surface area contributed by atoms with Crippen molar-refractivity contribution in [3.8, 4) is 0 Å². The summed E-state index contributed by atoms with van der Waals surface area (Å²) in [5.74, 6) is 0.0635. The predicted molar refractivity (Wildman–Crippen MR) is 120 cm³/mol. The van der Waals surface area contributed by atoms with Gasteiger partial charge in [0.2, 0.25) is 5.91 Å². The largest absolute Gasteiger partial charge is 0.324 e. The number of carbonyl (C=O) groups excluding carboxylic acids is 1. The number of nitrogens with one attached hydrogen (secondary N) is 1. The number of hydrogen-bond acceptors (Lipinski definition) is 5. The van der Waals surface area contributed by atoms with E-state index in [-0.39, 0.29) is 17.7 Å². The van der Waals surface area contributed by atoms with Gasteiger partial charge in [-0.1, -0.05) is 32.0 Å². The van der Waals surface area contributed by atoms with Crippen LogP contribution >= 0.6 is 0 Å². The smallest absolute Gasteiger partial charge is 0.275 e. The number of rotatable bonds is 6. The molecule has 0 aliphatic rings. The fraction of sp³-hybridized carbons (Fsp3) is 0.261. The van der Waals surface area contributed by atoms with Gasteiger partial charge in [-0.3, -0.25) is 19.0 Å². The van der Waals surface area contributed by atoms with Crippen molar-refractivity contribution in [3.05, 3.63) is 75.7 Å². The molecule has 4 rings (SSSR count). The zero-order chi connectivity index (χ0) is 22.0. The van der Waals surface area contributed by atoms with E-state index >= 15 is 0 Å². The van der Waals surface area contributed by atoms with Crippen molar-refractivity contribution < 1.29 is 4.79 Å². The number of benzene rings is 2. The predicted octanol–water partition coefficient (Wildman–Crippen LogP) is 2.79. The van der Waals surface area contributed by atoms with Crippen LogP contribution in [0.5, 0.6) is 0 Å². The monoisotopic (exact) mass is 417 g/mol. The zero-order valence-corrected chi connectivity index (χ0v) is 17.4. The van der Waals surface area contributed by atoms with E-state index in [2.05, 4.69) is 29.2 Å². The van der Waals surface area contributed by atoms with E-state index in [1.165, 1.54) is 0 Å². The number of anilines is 1. The first-order valence-corrected chi connectivity index (χ1v) is 10.2. The minimum Gasteiger partial charge on any atom is -0.324 e. The van der Waals surface area contributed by atoms with Crippen molar-refractivity contribution in [1.29, 1.82) is 0 Å². The van der Waals surface area contributed by atoms with Crippen LogP contribution in [0.15, 0.2) is 64.6 Å². The lowest BCUT2D eigenvalue weighted by Gasteiger charge is -2.10. The molecular weight excluding hydrogens is 394 g/mol. The first kappa shape index (κ1) is 20.5. The summed E-state index contributed by atoms with van der Waals surface area (Å²) in [6.45, 7) is 4.56. The van der Waals surface area contributed by atoms with Gasteiger partial charge in [0.1, 0.15) is 6.54 Å². The van der Waals surface area contributed by atoms with Crippen molar-refractivity contribution in [3.63, 3.8) is 0 Å². The highest BCUT2D eigenvalue weighted by Gasteiger charge is 2.11. The second-order valence-electron chi connectivity index (χ2n) is 7.90. The molecule has 0 radical (unpaired) electrons. The van der Waals surface area contributed by atoms with Crippen molar-refractivity contribution >= 4 is 33.3 Å². The maximum atomic E-state index is 12.8. The van der Waals surface area contributed by atoms with Gasteiger partial charge in [0.05, 0.1) is 28.8 Å². The maximum absolute atomic E-state index is 12.8. The summed E-state index contributed by atoms with van der Waals surface area (Å²) in [4.78, 5) is 42.2. The van der Waals surface area contributed by atoms with Crippen LogP contribution in [0.25, 0.3) is 21.7 Å². The Kier molecular flexibility index (Phi) is 5.62. The number of nitrogens with zero attached hydrogens (tertiary/aromatic N) is 4. The van der Waals surface area contributed by atoms with Gasteiger partial charge >= 0.3 is 0 Å². The number of carbonyl (C=O) groups is 1. The molecule has 0 spiro atoms. The molecule has 0 saturated carbocycles. The molecule has 0 bridgehead atoms. The van der Waals surface area contributed by atoms with Crippen LogP contribution < -0.4 is 16.4 Å². The lowest BCUT2D eigenvalue weighted by atomic mass is 10.1. The van der Waals surface area contributed by atoms with Crippen LogP contribution in [0.4, 0.5) is 5.69 Å². The molecule has 0 fully saturated rings. The molecule has 1 amide bonds. The summed E-state index contributed by atoms with van der Waals surface area (Å²) in [6.07, 6.45) is 3.99. The lowest BCUT2D eigenvalue weighted by Crippen LogP contribution is -2.29. The fourth-order valence-electron chi connectivity index (χ4n) is 3.37. The van der Waals surface area contributed by atoms with Crippen molar-refractivity contribution in [2.75, 3.05) is 5.32 Å². The van der Waals surface area contributed by atoms with Gasteiger partial charge in [0, 0.05) is 17.6 Å². The highest BCUT2D eigenvalue weighted by Crippen LogP contribution is 2.15. The molecular formula is C23H23N5O3. The Labute approximate surface area is 178 Å². The van der Waals surface area contributed by atoms with Gasteiger partial charge in [-0.25, -0.2) is 9.67 Å². The first-order valence-electron chi connectivity index (χ1n) is 10.2. The molecule has 8 heteroatoms. The third-order valence-electron chi connectivity index (χ3n) is 5.11. The molecule has 2 aromatic heterocycles. The highest BCUT2D eigenvalue weighted by atomic mass is 16.2. The summed E-state index contributed by atoms with van der Waals surface area (Å²) < 4.78 is 2.71. The van der Waals surface area contributed by atoms with Gasteiger partial charge in [0.15, 0.2) is 0 Å². The molecule has 0 aliphatic heterocycles. The van der Waals surface area contributed by atoms with Crippen LogP contribution in [-0.2, 0) is 17.9 Å². The van der Waals surface area contributed by atoms with Crippen molar-refractivity contribution in [2.24, 2.45) is 5.92 Å². The summed E-state index contributed by atoms with van der Waals surface area (Å²) in [5.41, 5.74) is 0.557. The van der Waals surface area contributed by atoms with Crippen LogP contribution in [0.3, 0.4) is 0 Å². The Balaban J connectivity index is 1.56. The second-order valence-corrected chi connectivity index (χ2v) is 7.90. The van der Waals surface area contributed by atoms with Crippen LogP contribution in [0.1, 0.15) is 20.3 Å². The minimum atomic E-state index is -0.409. The molecule has 1 N–H and O–H groups in total. The normalized spacial score (nSPS) is 11.3. The number of aromatic nitrogens is 4. The molecule has 2 aromatic carbocycles. The van der Waals surface area contributed by atoms with Gasteiger partial charge < -0.3 is 5.32 Å². The average molecular weight is 417 g/mol. The van der Waals surface area contributed by atoms with Gasteiger partial charge in [-0.05, 0) is 36.6 Å². The van der Waals surface area contributed by atoms with E-state index in [4.69, 9.17) is 0 Å². The van der Waals surface area contributed by atoms with Crippen LogP contribution in [-0.4, -0.2) is 25.2 Å². The quantitative estimate of drug-likeness (QED) is 0.520. The van der Waals surface area contributed by atoms with Crippen molar-refractivity contribution in [2.45, 2.75) is 33.4 Å². The van der Waals surface area contributed by atoms with Gasteiger partial charge in [-0.2, -0.15) is 5.10 Å². The average Bonchev–Trinajstić information content (AvgIpc) is 2.75. The Bertz CT molecular complexity index is 1390. The Hall–Kier alpha value is -3.81. The highest BCUT2D eigenvalue weighted by molar-refractivity contribution is 5.93. The molecule has 4 aromatic rings. The molecule has 8 nitrogen and oxygen atoms in total. The van der Waals surface area contributed by atoms with E-state index in [9.17, 15) is 14.4 Å². The van der Waals surface area contributed by atoms with E-state index < -0.39 is 5.91 Å². The Morgan fingerprint density at radius 2 is 1.87 bits per heavy atom. The lowest BCUT2D eigenvalue weighted by molar-refractivity contribution is -0.117. The SMILES string of the molecule is CC(C)CCn1cnc2ccc(NC(=O)Cn3ncc4ccccc4c3=O)cc2c1=O. The van der Waals surface area contributed by atoms with Gasteiger partial charge in [0.25, 0.3) is 11.1 Å². The fourth-order valence-corrected chi connectivity index (χ4v) is 3.37. The number of fused-ring (bicyclic) bond motifs is 2. The second kappa shape index (κ2) is 8.51. The summed E-state index contributed by atoms with van der Waals surface area (Å²) >= 11 is 0. The first-order chi connectivity index (χ1) is 14.9. The van der Waals surface area contributed by atoms with E-state index in [1.807, 2.05) is 6.07 Å². The van der Waals surface area contributed by atoms with Crippen LogP contribution in [0.2, 0.25) is 0 Å². The van der Waals surface area contributed by atoms with Gasteiger partial charge in [-0.15, -0.1) is 0 Å². The van der Waals surface area contributed by atoms with E-state index in [0.29, 0.717) is 34.4 Å². The Morgan fingerprint density at radius 1 is 1.06 bits per heavy atom.